The van der Waals surface area contributed by atoms with Crippen LogP contribution in [-0.4, -0.2) is 0 Å². The Labute approximate surface area is 100 Å². The molecule has 2 unspecified atom stereocenters. The van der Waals surface area contributed by atoms with Crippen LogP contribution in [0.2, 0.25) is 0 Å². The van der Waals surface area contributed by atoms with Gasteiger partial charge in [-0.05, 0) is 17.2 Å². The molecule has 0 spiro atoms. The van der Waals surface area contributed by atoms with Gasteiger partial charge in [0.15, 0.2) is 0 Å². The molecule has 2 heterocycles. The topological polar surface area (TPSA) is 21.3 Å². The van der Waals surface area contributed by atoms with Gasteiger partial charge in [0.05, 0.1) is 12.6 Å². The minimum Gasteiger partial charge on any atom is -0.375 e. The third-order valence-corrected chi connectivity index (χ3v) is 3.69. The monoisotopic (exact) mass is 223 g/mol. The van der Waals surface area contributed by atoms with Crippen molar-refractivity contribution in [3.63, 3.8) is 0 Å². The van der Waals surface area contributed by atoms with E-state index in [4.69, 9.17) is 4.74 Å². The second-order valence-corrected chi connectivity index (χ2v) is 4.64. The lowest BCUT2D eigenvalue weighted by Crippen LogP contribution is -2.21. The van der Waals surface area contributed by atoms with Crippen molar-refractivity contribution in [1.82, 2.24) is 0 Å². The molecular formula is C15H13NO. The van der Waals surface area contributed by atoms with Crippen LogP contribution in [0.15, 0.2) is 48.5 Å². The third kappa shape index (κ3) is 1.25. The number of ether oxygens (including phenoxy) is 1. The van der Waals surface area contributed by atoms with Gasteiger partial charge in [0.25, 0.3) is 0 Å². The Morgan fingerprint density at radius 1 is 0.941 bits per heavy atom. The van der Waals surface area contributed by atoms with Gasteiger partial charge in [-0.2, -0.15) is 0 Å². The van der Waals surface area contributed by atoms with E-state index >= 15 is 0 Å². The molecule has 0 aliphatic carbocycles. The summed E-state index contributed by atoms with van der Waals surface area (Å²) in [5.41, 5.74) is 5.17. The van der Waals surface area contributed by atoms with Crippen molar-refractivity contribution in [3.8, 4) is 0 Å². The fourth-order valence-corrected chi connectivity index (χ4v) is 2.87. The van der Waals surface area contributed by atoms with E-state index in [1.165, 1.54) is 22.4 Å². The van der Waals surface area contributed by atoms with Gasteiger partial charge in [-0.15, -0.1) is 0 Å². The van der Waals surface area contributed by atoms with Gasteiger partial charge in [0.2, 0.25) is 0 Å². The summed E-state index contributed by atoms with van der Waals surface area (Å²) in [4.78, 5) is 0. The maximum atomic E-state index is 5.99. The fourth-order valence-electron chi connectivity index (χ4n) is 2.87. The van der Waals surface area contributed by atoms with E-state index in [0.717, 1.165) is 0 Å². The van der Waals surface area contributed by atoms with Crippen molar-refractivity contribution >= 4 is 5.69 Å². The van der Waals surface area contributed by atoms with Gasteiger partial charge in [-0.1, -0.05) is 42.5 Å². The molecule has 84 valence electrons. The minimum absolute atomic E-state index is 0.168. The Morgan fingerprint density at radius 3 is 2.65 bits per heavy atom. The summed E-state index contributed by atoms with van der Waals surface area (Å²) < 4.78 is 5.99. The Kier molecular flexibility index (Phi) is 1.82. The average molecular weight is 223 g/mol. The van der Waals surface area contributed by atoms with Gasteiger partial charge in [0.1, 0.15) is 6.10 Å². The maximum absolute atomic E-state index is 5.99. The fraction of sp³-hybridized carbons (Fsp3) is 0.200. The number of benzene rings is 2. The number of nitrogens with one attached hydrogen (secondary N) is 1. The molecule has 2 aromatic carbocycles. The van der Waals surface area contributed by atoms with Crippen molar-refractivity contribution < 1.29 is 4.74 Å². The number of fused-ring (bicyclic) bond motifs is 5. The van der Waals surface area contributed by atoms with E-state index in [2.05, 4.69) is 53.8 Å². The summed E-state index contributed by atoms with van der Waals surface area (Å²) >= 11 is 0. The standard InChI is InChI=1S/C15H13NO/c1-2-6-11-10(5-1)9-17-15-12-7-3-4-8-13(12)16-14(11)15/h1-8,14-16H,9H2. The lowest BCUT2D eigenvalue weighted by Gasteiger charge is -2.28. The van der Waals surface area contributed by atoms with Crippen LogP contribution in [0.1, 0.15) is 28.8 Å². The molecule has 0 aromatic heterocycles. The number of rotatable bonds is 0. The lowest BCUT2D eigenvalue weighted by molar-refractivity contribution is 0.0183. The van der Waals surface area contributed by atoms with Gasteiger partial charge in [-0.25, -0.2) is 0 Å². The number of hydrogen-bond donors (Lipinski definition) is 1. The van der Waals surface area contributed by atoms with E-state index in [1.54, 1.807) is 0 Å². The van der Waals surface area contributed by atoms with Gasteiger partial charge >= 0.3 is 0 Å². The summed E-state index contributed by atoms with van der Waals surface area (Å²) in [7, 11) is 0. The van der Waals surface area contributed by atoms with Gasteiger partial charge < -0.3 is 10.1 Å². The zero-order valence-electron chi connectivity index (χ0n) is 9.39. The number of para-hydroxylation sites is 1. The van der Waals surface area contributed by atoms with E-state index in [1.807, 2.05) is 0 Å². The Bertz CT molecular complexity index is 579. The maximum Gasteiger partial charge on any atom is 0.109 e. The van der Waals surface area contributed by atoms with Crippen molar-refractivity contribution in [2.24, 2.45) is 0 Å². The summed E-state index contributed by atoms with van der Waals surface area (Å²) in [5, 5.41) is 3.57. The first-order chi connectivity index (χ1) is 8.43. The van der Waals surface area contributed by atoms with Gasteiger partial charge in [-0.3, -0.25) is 0 Å². The molecular weight excluding hydrogens is 210 g/mol. The third-order valence-electron chi connectivity index (χ3n) is 3.69. The highest BCUT2D eigenvalue weighted by Gasteiger charge is 2.37. The summed E-state index contributed by atoms with van der Waals surface area (Å²) in [5.74, 6) is 0. The molecule has 0 saturated carbocycles. The number of anilines is 1. The Balaban J connectivity index is 1.85. The second kappa shape index (κ2) is 3.34. The summed E-state index contributed by atoms with van der Waals surface area (Å²) in [6, 6.07) is 17.2. The molecule has 0 fully saturated rings. The molecule has 4 rings (SSSR count). The molecule has 17 heavy (non-hydrogen) atoms. The van der Waals surface area contributed by atoms with Crippen LogP contribution in [-0.2, 0) is 11.3 Å². The highest BCUT2D eigenvalue weighted by molar-refractivity contribution is 5.61. The molecule has 0 bridgehead atoms. The second-order valence-electron chi connectivity index (χ2n) is 4.64. The van der Waals surface area contributed by atoms with Crippen LogP contribution in [0.5, 0.6) is 0 Å². The first kappa shape index (κ1) is 9.25. The quantitative estimate of drug-likeness (QED) is 0.738. The molecule has 2 aromatic rings. The predicted octanol–water partition coefficient (Wildman–Crippen LogP) is 3.42. The summed E-state index contributed by atoms with van der Waals surface area (Å²) in [6.07, 6.45) is 0.168. The first-order valence-corrected chi connectivity index (χ1v) is 5.98. The molecule has 2 atom stereocenters. The molecule has 1 N–H and O–H groups in total. The van der Waals surface area contributed by atoms with Crippen LogP contribution < -0.4 is 5.32 Å². The van der Waals surface area contributed by atoms with Crippen molar-refractivity contribution in [1.29, 1.82) is 0 Å². The largest absolute Gasteiger partial charge is 0.375 e. The van der Waals surface area contributed by atoms with E-state index in [-0.39, 0.29) is 12.1 Å². The predicted molar refractivity (Wildman–Crippen MR) is 66.8 cm³/mol. The van der Waals surface area contributed by atoms with Crippen LogP contribution in [0, 0.1) is 0 Å². The highest BCUT2D eigenvalue weighted by atomic mass is 16.5. The van der Waals surface area contributed by atoms with Crippen molar-refractivity contribution in [3.05, 3.63) is 65.2 Å². The number of hydrogen-bond acceptors (Lipinski definition) is 2. The Hall–Kier alpha value is -1.80. The van der Waals surface area contributed by atoms with Crippen LogP contribution in [0.3, 0.4) is 0 Å². The van der Waals surface area contributed by atoms with E-state index in [0.29, 0.717) is 6.61 Å². The molecule has 2 aliphatic heterocycles. The van der Waals surface area contributed by atoms with Gasteiger partial charge in [0, 0.05) is 11.3 Å². The zero-order valence-corrected chi connectivity index (χ0v) is 9.39. The Morgan fingerprint density at radius 2 is 1.71 bits per heavy atom. The SMILES string of the molecule is c1ccc2c(c1)COC1c3ccccc3NC21. The minimum atomic E-state index is 0.168. The smallest absolute Gasteiger partial charge is 0.109 e. The highest BCUT2D eigenvalue weighted by Crippen LogP contribution is 2.48. The molecule has 2 heteroatoms. The molecule has 0 saturated heterocycles. The lowest BCUT2D eigenvalue weighted by atomic mass is 9.93. The molecule has 0 amide bonds. The molecule has 2 aliphatic rings. The van der Waals surface area contributed by atoms with E-state index < -0.39 is 0 Å². The van der Waals surface area contributed by atoms with Crippen molar-refractivity contribution in [2.75, 3.05) is 5.32 Å². The van der Waals surface area contributed by atoms with E-state index in [9.17, 15) is 0 Å². The average Bonchev–Trinajstić information content (AvgIpc) is 2.78. The first-order valence-electron chi connectivity index (χ1n) is 5.98. The molecule has 2 nitrogen and oxygen atoms in total. The van der Waals surface area contributed by atoms with Crippen molar-refractivity contribution in [2.45, 2.75) is 18.8 Å². The van der Waals surface area contributed by atoms with Crippen LogP contribution in [0.4, 0.5) is 5.69 Å². The summed E-state index contributed by atoms with van der Waals surface area (Å²) in [6.45, 7) is 0.716. The normalized spacial score (nSPS) is 24.5. The molecule has 0 radical (unpaired) electrons. The van der Waals surface area contributed by atoms with Crippen LogP contribution in [0.25, 0.3) is 0 Å². The zero-order chi connectivity index (χ0) is 11.2. The van der Waals surface area contributed by atoms with Crippen LogP contribution >= 0.6 is 0 Å².